The maximum Gasteiger partial charge on any atom is 0.249 e. The lowest BCUT2D eigenvalue weighted by atomic mass is 10.2. The van der Waals surface area contributed by atoms with Crippen molar-refractivity contribution >= 4 is 5.82 Å². The number of aromatic nitrogens is 4. The van der Waals surface area contributed by atoms with E-state index in [1.54, 1.807) is 0 Å². The first-order valence-electron chi connectivity index (χ1n) is 8.95. The Morgan fingerprint density at radius 3 is 2.85 bits per heavy atom. The monoisotopic (exact) mass is 350 g/mol. The van der Waals surface area contributed by atoms with Crippen molar-refractivity contribution in [3.63, 3.8) is 0 Å². The van der Waals surface area contributed by atoms with E-state index >= 15 is 0 Å². The van der Waals surface area contributed by atoms with Gasteiger partial charge < -0.3 is 15.2 Å². The van der Waals surface area contributed by atoms with Crippen molar-refractivity contribution in [3.05, 3.63) is 53.8 Å². The van der Waals surface area contributed by atoms with Crippen LogP contribution in [-0.2, 0) is 6.42 Å². The molecule has 1 aliphatic rings. The van der Waals surface area contributed by atoms with Gasteiger partial charge in [0, 0.05) is 30.3 Å². The average Bonchev–Trinajstić information content (AvgIpc) is 3.31. The minimum atomic E-state index is 0.0417. The van der Waals surface area contributed by atoms with Crippen molar-refractivity contribution in [2.45, 2.75) is 32.2 Å². The zero-order chi connectivity index (χ0) is 17.9. The second-order valence-corrected chi connectivity index (χ2v) is 6.48. The minimum absolute atomic E-state index is 0.0417. The van der Waals surface area contributed by atoms with Crippen molar-refractivity contribution in [3.8, 4) is 11.4 Å². The Morgan fingerprint density at radius 1 is 1.19 bits per heavy atom. The molecule has 2 aromatic heterocycles. The van der Waals surface area contributed by atoms with E-state index in [0.29, 0.717) is 18.3 Å². The summed E-state index contributed by atoms with van der Waals surface area (Å²) in [4.78, 5) is 16.0. The molecule has 3 aromatic rings. The third kappa shape index (κ3) is 3.30. The molecule has 1 aliphatic heterocycles. The molecule has 1 fully saturated rings. The van der Waals surface area contributed by atoms with Crippen LogP contribution in [0.1, 0.15) is 36.3 Å². The van der Waals surface area contributed by atoms with E-state index in [1.165, 1.54) is 0 Å². The molecule has 7 nitrogen and oxygen atoms in total. The maximum atomic E-state index is 5.68. The number of nitrogens with zero attached hydrogens (tertiary/aromatic N) is 5. The van der Waals surface area contributed by atoms with Crippen molar-refractivity contribution in [2.75, 3.05) is 18.0 Å². The lowest BCUT2D eigenvalue weighted by Crippen LogP contribution is -2.24. The van der Waals surface area contributed by atoms with Gasteiger partial charge in [-0.15, -0.1) is 0 Å². The summed E-state index contributed by atoms with van der Waals surface area (Å²) in [6.07, 6.45) is 2.77. The molecule has 1 atom stereocenters. The molecule has 0 radical (unpaired) electrons. The van der Waals surface area contributed by atoms with Gasteiger partial charge in [0.15, 0.2) is 0 Å². The molecule has 0 aliphatic carbocycles. The van der Waals surface area contributed by atoms with E-state index in [2.05, 4.69) is 25.0 Å². The molecule has 0 unspecified atom stereocenters. The van der Waals surface area contributed by atoms with Crippen LogP contribution in [-0.4, -0.2) is 33.2 Å². The number of benzene rings is 1. The Kier molecular flexibility index (Phi) is 4.62. The SMILES string of the molecule is Cc1nc(CCN)cc(N2CCC[C@H]2c2nc(-c3ccccc3)no2)n1. The summed E-state index contributed by atoms with van der Waals surface area (Å²) >= 11 is 0. The van der Waals surface area contributed by atoms with Gasteiger partial charge >= 0.3 is 0 Å². The normalized spacial score (nSPS) is 17.0. The molecule has 2 N–H and O–H groups in total. The predicted molar refractivity (Wildman–Crippen MR) is 98.6 cm³/mol. The fraction of sp³-hybridized carbons (Fsp3) is 0.368. The molecular formula is C19H22N6O. The number of nitrogens with two attached hydrogens (primary N) is 1. The number of aryl methyl sites for hydroxylation is 1. The van der Waals surface area contributed by atoms with E-state index in [0.717, 1.165) is 48.7 Å². The van der Waals surface area contributed by atoms with Crippen molar-refractivity contribution in [1.82, 2.24) is 20.1 Å². The van der Waals surface area contributed by atoms with E-state index in [-0.39, 0.29) is 6.04 Å². The third-order valence-corrected chi connectivity index (χ3v) is 4.58. The van der Waals surface area contributed by atoms with Crippen molar-refractivity contribution in [1.29, 1.82) is 0 Å². The topological polar surface area (TPSA) is 94.0 Å². The fourth-order valence-corrected chi connectivity index (χ4v) is 3.41. The van der Waals surface area contributed by atoms with E-state index in [9.17, 15) is 0 Å². The van der Waals surface area contributed by atoms with Crippen LogP contribution in [0.15, 0.2) is 40.9 Å². The second-order valence-electron chi connectivity index (χ2n) is 6.48. The summed E-state index contributed by atoms with van der Waals surface area (Å²) in [7, 11) is 0. The summed E-state index contributed by atoms with van der Waals surface area (Å²) in [6.45, 7) is 3.39. The first-order valence-corrected chi connectivity index (χ1v) is 8.95. The lowest BCUT2D eigenvalue weighted by Gasteiger charge is -2.23. The zero-order valence-corrected chi connectivity index (χ0v) is 14.8. The van der Waals surface area contributed by atoms with Gasteiger partial charge in [0.25, 0.3) is 0 Å². The molecule has 1 aromatic carbocycles. The summed E-state index contributed by atoms with van der Waals surface area (Å²) in [5, 5.41) is 4.16. The van der Waals surface area contributed by atoms with Crippen LogP contribution < -0.4 is 10.6 Å². The first-order chi connectivity index (χ1) is 12.7. The van der Waals surface area contributed by atoms with E-state index in [4.69, 9.17) is 10.3 Å². The summed E-state index contributed by atoms with van der Waals surface area (Å²) in [5.74, 6) is 2.92. The smallest absolute Gasteiger partial charge is 0.249 e. The lowest BCUT2D eigenvalue weighted by molar-refractivity contribution is 0.354. The van der Waals surface area contributed by atoms with Crippen LogP contribution >= 0.6 is 0 Å². The summed E-state index contributed by atoms with van der Waals surface area (Å²) < 4.78 is 5.60. The third-order valence-electron chi connectivity index (χ3n) is 4.58. The van der Waals surface area contributed by atoms with E-state index < -0.39 is 0 Å². The van der Waals surface area contributed by atoms with Crippen molar-refractivity contribution < 1.29 is 4.52 Å². The van der Waals surface area contributed by atoms with Crippen LogP contribution in [0.2, 0.25) is 0 Å². The van der Waals surface area contributed by atoms with E-state index in [1.807, 2.05) is 43.3 Å². The summed E-state index contributed by atoms with van der Waals surface area (Å²) in [5.41, 5.74) is 7.61. The summed E-state index contributed by atoms with van der Waals surface area (Å²) in [6, 6.07) is 11.9. The maximum absolute atomic E-state index is 5.68. The van der Waals surface area contributed by atoms with Crippen LogP contribution in [0.4, 0.5) is 5.82 Å². The highest BCUT2D eigenvalue weighted by atomic mass is 16.5. The molecule has 1 saturated heterocycles. The predicted octanol–water partition coefficient (Wildman–Crippen LogP) is 2.68. The molecule has 134 valence electrons. The Labute approximate surface area is 152 Å². The minimum Gasteiger partial charge on any atom is -0.344 e. The van der Waals surface area contributed by atoms with Gasteiger partial charge in [-0.25, -0.2) is 9.97 Å². The molecule has 3 heterocycles. The Morgan fingerprint density at radius 2 is 2.04 bits per heavy atom. The highest BCUT2D eigenvalue weighted by molar-refractivity contribution is 5.54. The molecule has 4 rings (SSSR count). The molecule has 0 spiro atoms. The van der Waals surface area contributed by atoms with Gasteiger partial charge in [-0.1, -0.05) is 35.5 Å². The standard InChI is InChI=1S/C19H22N6O/c1-13-21-15(9-10-20)12-17(22-13)25-11-5-8-16(25)19-23-18(24-26-19)14-6-3-2-4-7-14/h2-4,6-7,12,16H,5,8-11,20H2,1H3/t16-/m0/s1. The number of hydrogen-bond acceptors (Lipinski definition) is 7. The van der Waals surface area contributed by atoms with Crippen LogP contribution in [0, 0.1) is 6.92 Å². The van der Waals surface area contributed by atoms with Gasteiger partial charge in [-0.3, -0.25) is 0 Å². The second kappa shape index (κ2) is 7.21. The molecule has 0 bridgehead atoms. The van der Waals surface area contributed by atoms with Crippen molar-refractivity contribution in [2.24, 2.45) is 5.73 Å². The molecule has 7 heteroatoms. The molecule has 26 heavy (non-hydrogen) atoms. The first kappa shape index (κ1) is 16.7. The Balaban J connectivity index is 1.62. The molecular weight excluding hydrogens is 328 g/mol. The quantitative estimate of drug-likeness (QED) is 0.756. The Bertz CT molecular complexity index is 879. The van der Waals surface area contributed by atoms with Gasteiger partial charge in [-0.2, -0.15) is 4.98 Å². The number of rotatable bonds is 5. The highest BCUT2D eigenvalue weighted by Gasteiger charge is 2.32. The van der Waals surface area contributed by atoms with Gasteiger partial charge in [0.05, 0.1) is 0 Å². The largest absolute Gasteiger partial charge is 0.344 e. The van der Waals surface area contributed by atoms with Gasteiger partial charge in [0.2, 0.25) is 11.7 Å². The van der Waals surface area contributed by atoms with Gasteiger partial charge in [0.1, 0.15) is 17.7 Å². The zero-order valence-electron chi connectivity index (χ0n) is 14.8. The Hall–Kier alpha value is -2.80. The average molecular weight is 350 g/mol. The molecule has 0 saturated carbocycles. The van der Waals surface area contributed by atoms with Crippen LogP contribution in [0.25, 0.3) is 11.4 Å². The van der Waals surface area contributed by atoms with Crippen LogP contribution in [0.3, 0.4) is 0 Å². The number of anilines is 1. The molecule has 0 amide bonds. The number of hydrogen-bond donors (Lipinski definition) is 1. The van der Waals surface area contributed by atoms with Gasteiger partial charge in [-0.05, 0) is 26.3 Å². The van der Waals surface area contributed by atoms with Crippen LogP contribution in [0.5, 0.6) is 0 Å². The fourth-order valence-electron chi connectivity index (χ4n) is 3.41. The highest BCUT2D eigenvalue weighted by Crippen LogP contribution is 2.35.